The highest BCUT2D eigenvalue weighted by atomic mass is 35.5. The summed E-state index contributed by atoms with van der Waals surface area (Å²) < 4.78 is 0. The van der Waals surface area contributed by atoms with Crippen LogP contribution in [0.5, 0.6) is 5.75 Å². The van der Waals surface area contributed by atoms with Crippen molar-refractivity contribution in [3.05, 3.63) is 66.2 Å². The number of hydrazone groups is 1. The number of nitrogens with one attached hydrogen (secondary N) is 1. The topological polar surface area (TPSA) is 131 Å². The number of phenols is 1. The minimum atomic E-state index is -0.754. The van der Waals surface area contributed by atoms with Crippen molar-refractivity contribution in [3.63, 3.8) is 0 Å². The molecule has 0 aliphatic carbocycles. The molecule has 0 radical (unpaired) electrons. The summed E-state index contributed by atoms with van der Waals surface area (Å²) in [6.45, 7) is 3.44. The molecule has 0 unspecified atom stereocenters. The summed E-state index contributed by atoms with van der Waals surface area (Å²) in [6.07, 6.45) is 1.27. The normalized spacial score (nSPS) is 10.8. The van der Waals surface area contributed by atoms with E-state index >= 15 is 0 Å². The molecule has 0 fully saturated rings. The minimum Gasteiger partial charge on any atom is -0.507 e. The first kappa shape index (κ1) is 18.1. The van der Waals surface area contributed by atoms with E-state index in [1.807, 2.05) is 0 Å². The van der Waals surface area contributed by atoms with Gasteiger partial charge in [-0.05, 0) is 37.1 Å². The van der Waals surface area contributed by atoms with E-state index in [0.29, 0.717) is 21.7 Å². The van der Waals surface area contributed by atoms with Gasteiger partial charge >= 0.3 is 5.69 Å². The third kappa shape index (κ3) is 3.83. The Morgan fingerprint density at radius 3 is 2.48 bits per heavy atom. The molecule has 0 heterocycles. The van der Waals surface area contributed by atoms with Crippen molar-refractivity contribution in [1.82, 2.24) is 0 Å². The zero-order valence-corrected chi connectivity index (χ0v) is 13.9. The van der Waals surface area contributed by atoms with Crippen molar-refractivity contribution >= 4 is 34.9 Å². The van der Waals surface area contributed by atoms with E-state index in [1.165, 1.54) is 18.3 Å². The molecule has 10 heteroatoms. The van der Waals surface area contributed by atoms with Gasteiger partial charge < -0.3 is 5.11 Å². The lowest BCUT2D eigenvalue weighted by molar-refractivity contribution is -0.393. The number of hydrogen-bond donors (Lipinski definition) is 2. The van der Waals surface area contributed by atoms with Crippen molar-refractivity contribution in [2.75, 3.05) is 5.43 Å². The lowest BCUT2D eigenvalue weighted by Gasteiger charge is -2.09. The van der Waals surface area contributed by atoms with Gasteiger partial charge in [-0.25, -0.2) is 0 Å². The fourth-order valence-corrected chi connectivity index (χ4v) is 2.32. The molecule has 0 spiro atoms. The zero-order chi connectivity index (χ0) is 18.7. The molecule has 0 saturated heterocycles. The molecule has 0 aromatic heterocycles. The highest BCUT2D eigenvalue weighted by molar-refractivity contribution is 6.32. The summed E-state index contributed by atoms with van der Waals surface area (Å²) in [5.74, 6) is -0.0388. The minimum absolute atomic E-state index is 0.0257. The van der Waals surface area contributed by atoms with E-state index in [1.54, 1.807) is 13.8 Å². The highest BCUT2D eigenvalue weighted by Crippen LogP contribution is 2.31. The van der Waals surface area contributed by atoms with E-state index in [-0.39, 0.29) is 11.4 Å². The summed E-state index contributed by atoms with van der Waals surface area (Å²) >= 11 is 6.12. The second kappa shape index (κ2) is 7.14. The molecule has 0 amide bonds. The first-order chi connectivity index (χ1) is 11.7. The Labute approximate surface area is 146 Å². The van der Waals surface area contributed by atoms with Crippen LogP contribution in [0.25, 0.3) is 0 Å². The molecule has 130 valence electrons. The van der Waals surface area contributed by atoms with Crippen LogP contribution in [0.15, 0.2) is 29.4 Å². The number of hydrogen-bond acceptors (Lipinski definition) is 7. The van der Waals surface area contributed by atoms with Gasteiger partial charge in [-0.3, -0.25) is 25.7 Å². The number of rotatable bonds is 5. The maximum atomic E-state index is 11.1. The van der Waals surface area contributed by atoms with Crippen LogP contribution in [-0.4, -0.2) is 21.2 Å². The van der Waals surface area contributed by atoms with Crippen LogP contribution < -0.4 is 5.43 Å². The van der Waals surface area contributed by atoms with Gasteiger partial charge in [-0.15, -0.1) is 0 Å². The molecule has 0 aliphatic heterocycles. The van der Waals surface area contributed by atoms with Gasteiger partial charge in [0.1, 0.15) is 11.4 Å². The SMILES string of the molecule is Cc1cc(O)c(/C=N/Nc2ccc([N+](=O)[O-])cc2[N+](=O)[O-])c(C)c1Cl. The Bertz CT molecular complexity index is 898. The largest absolute Gasteiger partial charge is 0.507 e. The summed E-state index contributed by atoms with van der Waals surface area (Å²) in [4.78, 5) is 20.3. The lowest BCUT2D eigenvalue weighted by Crippen LogP contribution is -1.99. The average Bonchev–Trinajstić information content (AvgIpc) is 2.55. The molecule has 9 nitrogen and oxygen atoms in total. The summed E-state index contributed by atoms with van der Waals surface area (Å²) in [5.41, 5.74) is 3.18. The Morgan fingerprint density at radius 1 is 1.20 bits per heavy atom. The second-order valence-electron chi connectivity index (χ2n) is 5.15. The van der Waals surface area contributed by atoms with E-state index in [0.717, 1.165) is 12.1 Å². The molecule has 0 saturated carbocycles. The number of benzene rings is 2. The zero-order valence-electron chi connectivity index (χ0n) is 13.2. The number of anilines is 1. The van der Waals surface area contributed by atoms with Gasteiger partial charge in [-0.2, -0.15) is 5.10 Å². The Balaban J connectivity index is 2.33. The van der Waals surface area contributed by atoms with Crippen LogP contribution in [0.2, 0.25) is 5.02 Å². The lowest BCUT2D eigenvalue weighted by atomic mass is 10.1. The van der Waals surface area contributed by atoms with Crippen LogP contribution in [0.1, 0.15) is 16.7 Å². The molecular formula is C15H13ClN4O5. The fraction of sp³-hybridized carbons (Fsp3) is 0.133. The molecule has 0 aliphatic rings. The van der Waals surface area contributed by atoms with Crippen molar-refractivity contribution in [2.24, 2.45) is 5.10 Å². The predicted octanol–water partition coefficient (Wildman–Crippen LogP) is 3.92. The Morgan fingerprint density at radius 2 is 1.88 bits per heavy atom. The average molecular weight is 365 g/mol. The van der Waals surface area contributed by atoms with E-state index in [4.69, 9.17) is 11.6 Å². The molecule has 2 aromatic rings. The molecular weight excluding hydrogens is 352 g/mol. The van der Waals surface area contributed by atoms with Crippen molar-refractivity contribution in [2.45, 2.75) is 13.8 Å². The number of aromatic hydroxyl groups is 1. The van der Waals surface area contributed by atoms with Crippen LogP contribution in [0.4, 0.5) is 17.1 Å². The standard InChI is InChI=1S/C15H13ClN4O5/c1-8-5-14(21)11(9(2)15(8)16)7-17-18-12-4-3-10(19(22)23)6-13(12)20(24)25/h3-7,18,21H,1-2H3/b17-7+. The van der Waals surface area contributed by atoms with Crippen LogP contribution in [0, 0.1) is 34.1 Å². The monoisotopic (exact) mass is 364 g/mol. The van der Waals surface area contributed by atoms with Crippen molar-refractivity contribution in [1.29, 1.82) is 0 Å². The third-order valence-corrected chi connectivity index (χ3v) is 4.06. The number of non-ortho nitro benzene ring substituents is 1. The molecule has 0 bridgehead atoms. The van der Waals surface area contributed by atoms with Gasteiger partial charge in [0, 0.05) is 16.7 Å². The number of nitrogens with zero attached hydrogens (tertiary/aromatic N) is 3. The van der Waals surface area contributed by atoms with Gasteiger partial charge in [0.2, 0.25) is 0 Å². The Kier molecular flexibility index (Phi) is 5.18. The maximum absolute atomic E-state index is 11.1. The summed E-state index contributed by atoms with van der Waals surface area (Å²) in [6, 6.07) is 4.62. The van der Waals surface area contributed by atoms with Gasteiger partial charge in [0.25, 0.3) is 5.69 Å². The molecule has 2 aromatic carbocycles. The molecule has 2 N–H and O–H groups in total. The molecule has 2 rings (SSSR count). The van der Waals surface area contributed by atoms with E-state index < -0.39 is 21.2 Å². The molecule has 25 heavy (non-hydrogen) atoms. The number of halogens is 1. The van der Waals surface area contributed by atoms with Crippen LogP contribution in [-0.2, 0) is 0 Å². The number of aryl methyl sites for hydroxylation is 1. The molecule has 0 atom stereocenters. The third-order valence-electron chi connectivity index (χ3n) is 3.48. The summed E-state index contributed by atoms with van der Waals surface area (Å²) in [5, 5.41) is 36.1. The quantitative estimate of drug-likeness (QED) is 0.469. The van der Waals surface area contributed by atoms with Crippen LogP contribution >= 0.6 is 11.6 Å². The highest BCUT2D eigenvalue weighted by Gasteiger charge is 2.19. The summed E-state index contributed by atoms with van der Waals surface area (Å²) in [7, 11) is 0. The fourth-order valence-electron chi connectivity index (χ4n) is 2.16. The maximum Gasteiger partial charge on any atom is 0.301 e. The van der Waals surface area contributed by atoms with Crippen LogP contribution in [0.3, 0.4) is 0 Å². The number of nitro benzene ring substituents is 2. The first-order valence-electron chi connectivity index (χ1n) is 6.93. The Hall–Kier alpha value is -3.20. The van der Waals surface area contributed by atoms with E-state index in [9.17, 15) is 25.3 Å². The van der Waals surface area contributed by atoms with Gasteiger partial charge in [-0.1, -0.05) is 11.6 Å². The van der Waals surface area contributed by atoms with Crippen molar-refractivity contribution < 1.29 is 15.0 Å². The predicted molar refractivity (Wildman–Crippen MR) is 93.6 cm³/mol. The first-order valence-corrected chi connectivity index (χ1v) is 7.30. The van der Waals surface area contributed by atoms with E-state index in [2.05, 4.69) is 10.5 Å². The van der Waals surface area contributed by atoms with Gasteiger partial charge in [0.15, 0.2) is 0 Å². The number of phenolic OH excluding ortho intramolecular Hbond substituents is 1. The van der Waals surface area contributed by atoms with Gasteiger partial charge in [0.05, 0.1) is 22.1 Å². The smallest absolute Gasteiger partial charge is 0.301 e. The van der Waals surface area contributed by atoms with Crippen molar-refractivity contribution in [3.8, 4) is 5.75 Å². The second-order valence-corrected chi connectivity index (χ2v) is 5.53. The number of nitro groups is 2.